The number of carbonyl (C=O) groups excluding carboxylic acids is 2. The van der Waals surface area contributed by atoms with Crippen LogP contribution >= 0.6 is 11.6 Å². The highest BCUT2D eigenvalue weighted by Gasteiger charge is 2.21. The van der Waals surface area contributed by atoms with Gasteiger partial charge in [-0.2, -0.15) is 0 Å². The molecule has 0 aromatic heterocycles. The highest BCUT2D eigenvalue weighted by molar-refractivity contribution is 6.31. The summed E-state index contributed by atoms with van der Waals surface area (Å²) >= 11 is 6.12. The summed E-state index contributed by atoms with van der Waals surface area (Å²) in [5.74, 6) is -0.346. The molecule has 2 amide bonds. The molecule has 1 aromatic rings. The summed E-state index contributed by atoms with van der Waals surface area (Å²) < 4.78 is 5.15. The van der Waals surface area contributed by atoms with E-state index in [4.69, 9.17) is 16.3 Å². The topological polar surface area (TPSA) is 79.5 Å². The summed E-state index contributed by atoms with van der Waals surface area (Å²) in [6, 6.07) is 2.81. The third-order valence-electron chi connectivity index (χ3n) is 3.05. The molecule has 1 rings (SSSR count). The molecule has 0 radical (unpaired) electrons. The zero-order chi connectivity index (χ0) is 18.5. The Bertz CT molecular complexity index is 612. The normalized spacial score (nSPS) is 12.3. The van der Waals surface area contributed by atoms with Crippen LogP contribution in [0, 0.1) is 6.92 Å². The molecule has 7 heteroatoms. The van der Waals surface area contributed by atoms with Crippen LogP contribution < -0.4 is 16.0 Å². The number of benzene rings is 1. The molecular weight excluding hydrogens is 330 g/mol. The van der Waals surface area contributed by atoms with Crippen LogP contribution in [0.25, 0.3) is 0 Å². The minimum atomic E-state index is -0.745. The van der Waals surface area contributed by atoms with E-state index in [1.165, 1.54) is 0 Å². The third kappa shape index (κ3) is 6.28. The van der Waals surface area contributed by atoms with E-state index >= 15 is 0 Å². The van der Waals surface area contributed by atoms with E-state index in [9.17, 15) is 9.59 Å². The quantitative estimate of drug-likeness (QED) is 0.747. The van der Waals surface area contributed by atoms with Crippen LogP contribution in [-0.2, 0) is 9.53 Å². The lowest BCUT2D eigenvalue weighted by molar-refractivity contribution is -0.117. The van der Waals surface area contributed by atoms with Crippen molar-refractivity contribution in [1.82, 2.24) is 5.32 Å². The van der Waals surface area contributed by atoms with Crippen molar-refractivity contribution in [3.63, 3.8) is 0 Å². The Morgan fingerprint density at radius 2 is 1.88 bits per heavy atom. The average molecular weight is 356 g/mol. The van der Waals surface area contributed by atoms with Gasteiger partial charge in [0, 0.05) is 11.6 Å². The number of alkyl carbamates (subject to hydrolysis) is 1. The van der Waals surface area contributed by atoms with Crippen molar-refractivity contribution in [2.45, 2.75) is 53.2 Å². The summed E-state index contributed by atoms with van der Waals surface area (Å²) in [4.78, 5) is 24.1. The second-order valence-corrected chi connectivity index (χ2v) is 6.94. The van der Waals surface area contributed by atoms with Gasteiger partial charge in [-0.1, -0.05) is 11.6 Å². The van der Waals surface area contributed by atoms with Gasteiger partial charge >= 0.3 is 6.09 Å². The highest BCUT2D eigenvalue weighted by Crippen LogP contribution is 2.29. The lowest BCUT2D eigenvalue weighted by Gasteiger charge is -2.22. The fourth-order valence-electron chi connectivity index (χ4n) is 1.91. The molecule has 6 nitrogen and oxygen atoms in total. The molecular formula is C17H26ClN3O3. The molecule has 0 spiro atoms. The summed E-state index contributed by atoms with van der Waals surface area (Å²) in [5, 5.41) is 9.08. The number of carbonyl (C=O) groups is 2. The fourth-order valence-corrected chi connectivity index (χ4v) is 2.08. The second kappa shape index (κ2) is 8.24. The van der Waals surface area contributed by atoms with Gasteiger partial charge in [-0.15, -0.1) is 0 Å². The molecule has 0 unspecified atom stereocenters. The van der Waals surface area contributed by atoms with Gasteiger partial charge in [-0.3, -0.25) is 4.79 Å². The summed E-state index contributed by atoms with van der Waals surface area (Å²) in [7, 11) is 0. The van der Waals surface area contributed by atoms with E-state index in [0.717, 1.165) is 11.3 Å². The van der Waals surface area contributed by atoms with Crippen LogP contribution in [0.5, 0.6) is 0 Å². The number of rotatable bonds is 5. The van der Waals surface area contributed by atoms with Crippen molar-refractivity contribution >= 4 is 35.0 Å². The van der Waals surface area contributed by atoms with E-state index in [0.29, 0.717) is 17.3 Å². The lowest BCUT2D eigenvalue weighted by Crippen LogP contribution is -2.44. The predicted octanol–water partition coefficient (Wildman–Crippen LogP) is 3.93. The first-order chi connectivity index (χ1) is 11.0. The van der Waals surface area contributed by atoms with Crippen molar-refractivity contribution in [1.29, 1.82) is 0 Å². The molecule has 0 fully saturated rings. The Balaban J connectivity index is 2.80. The standard InChI is InChI=1S/C17H26ClN3O3/c1-7-19-13-9-12(18)10(2)8-14(13)21-15(22)11(3)20-16(23)24-17(4,5)6/h8-9,11,19H,7H2,1-6H3,(H,20,23)(H,21,22)/t11-/m1/s1. The van der Waals surface area contributed by atoms with Crippen LogP contribution in [0.4, 0.5) is 16.2 Å². The maximum atomic E-state index is 12.3. The maximum absolute atomic E-state index is 12.3. The largest absolute Gasteiger partial charge is 0.444 e. The first kappa shape index (κ1) is 20.1. The van der Waals surface area contributed by atoms with Gasteiger partial charge in [0.15, 0.2) is 0 Å². The summed E-state index contributed by atoms with van der Waals surface area (Å²) in [6.07, 6.45) is -0.635. The van der Waals surface area contributed by atoms with Gasteiger partial charge in [0.25, 0.3) is 0 Å². The summed E-state index contributed by atoms with van der Waals surface area (Å²) in [6.45, 7) is 11.4. The Labute approximate surface area is 148 Å². The minimum Gasteiger partial charge on any atom is -0.444 e. The van der Waals surface area contributed by atoms with Crippen LogP contribution in [0.15, 0.2) is 12.1 Å². The van der Waals surface area contributed by atoms with Gasteiger partial charge in [0.1, 0.15) is 11.6 Å². The van der Waals surface area contributed by atoms with Crippen molar-refractivity contribution < 1.29 is 14.3 Å². The minimum absolute atomic E-state index is 0.346. The Morgan fingerprint density at radius 1 is 1.25 bits per heavy atom. The summed E-state index contributed by atoms with van der Waals surface area (Å²) in [5.41, 5.74) is 1.57. The van der Waals surface area contributed by atoms with Gasteiger partial charge in [-0.05, 0) is 59.2 Å². The first-order valence-corrected chi connectivity index (χ1v) is 8.25. The molecule has 3 N–H and O–H groups in total. The van der Waals surface area contributed by atoms with Gasteiger partial charge in [0.05, 0.1) is 11.4 Å². The molecule has 1 aromatic carbocycles. The zero-order valence-corrected chi connectivity index (χ0v) is 15.8. The Kier molecular flexibility index (Phi) is 6.90. The lowest BCUT2D eigenvalue weighted by atomic mass is 10.1. The Hall–Kier alpha value is -1.95. The number of halogens is 1. The van der Waals surface area contributed by atoms with Crippen LogP contribution in [0.3, 0.4) is 0 Å². The van der Waals surface area contributed by atoms with E-state index in [1.54, 1.807) is 39.8 Å². The maximum Gasteiger partial charge on any atom is 0.408 e. The predicted molar refractivity (Wildman–Crippen MR) is 97.8 cm³/mol. The van der Waals surface area contributed by atoms with Crippen molar-refractivity contribution in [2.75, 3.05) is 17.2 Å². The van der Waals surface area contributed by atoms with Gasteiger partial charge < -0.3 is 20.7 Å². The van der Waals surface area contributed by atoms with Crippen LogP contribution in [0.2, 0.25) is 5.02 Å². The van der Waals surface area contributed by atoms with E-state index < -0.39 is 17.7 Å². The van der Waals surface area contributed by atoms with Crippen LogP contribution in [0.1, 0.15) is 40.2 Å². The fraction of sp³-hybridized carbons (Fsp3) is 0.529. The van der Waals surface area contributed by atoms with Gasteiger partial charge in [-0.25, -0.2) is 4.79 Å². The number of hydrogen-bond donors (Lipinski definition) is 3. The second-order valence-electron chi connectivity index (χ2n) is 6.53. The molecule has 0 saturated carbocycles. The monoisotopic (exact) mass is 355 g/mol. The molecule has 1 atom stereocenters. The molecule has 0 aliphatic rings. The SMILES string of the molecule is CCNc1cc(Cl)c(C)cc1NC(=O)[C@@H](C)NC(=O)OC(C)(C)C. The highest BCUT2D eigenvalue weighted by atomic mass is 35.5. The van der Waals surface area contributed by atoms with Crippen molar-refractivity contribution in [3.8, 4) is 0 Å². The third-order valence-corrected chi connectivity index (χ3v) is 3.46. The smallest absolute Gasteiger partial charge is 0.408 e. The van der Waals surface area contributed by atoms with E-state index in [2.05, 4.69) is 16.0 Å². The Morgan fingerprint density at radius 3 is 2.42 bits per heavy atom. The van der Waals surface area contributed by atoms with Crippen molar-refractivity contribution in [2.24, 2.45) is 0 Å². The van der Waals surface area contributed by atoms with E-state index in [1.807, 2.05) is 13.8 Å². The molecule has 134 valence electrons. The zero-order valence-electron chi connectivity index (χ0n) is 15.0. The number of amides is 2. The number of hydrogen-bond acceptors (Lipinski definition) is 4. The number of ether oxygens (including phenoxy) is 1. The van der Waals surface area contributed by atoms with E-state index in [-0.39, 0.29) is 5.91 Å². The first-order valence-electron chi connectivity index (χ1n) is 7.88. The van der Waals surface area contributed by atoms with Crippen molar-refractivity contribution in [3.05, 3.63) is 22.7 Å². The van der Waals surface area contributed by atoms with Gasteiger partial charge in [0.2, 0.25) is 5.91 Å². The average Bonchev–Trinajstić information content (AvgIpc) is 2.42. The molecule has 0 heterocycles. The number of aryl methyl sites for hydroxylation is 1. The molecule has 0 bridgehead atoms. The number of nitrogens with one attached hydrogen (secondary N) is 3. The molecule has 0 aliphatic carbocycles. The number of anilines is 2. The van der Waals surface area contributed by atoms with Crippen LogP contribution in [-0.4, -0.2) is 30.2 Å². The molecule has 24 heavy (non-hydrogen) atoms. The molecule has 0 aliphatic heterocycles. The molecule has 0 saturated heterocycles.